The lowest BCUT2D eigenvalue weighted by molar-refractivity contribution is -0.155. The summed E-state index contributed by atoms with van der Waals surface area (Å²) in [5, 5.41) is 0. The zero-order valence-corrected chi connectivity index (χ0v) is 11.9. The van der Waals surface area contributed by atoms with E-state index in [1.54, 1.807) is 6.92 Å². The number of unbranched alkanes of at least 4 members (excludes halogenated alkanes) is 3. The van der Waals surface area contributed by atoms with Gasteiger partial charge in [0.25, 0.3) is 0 Å². The van der Waals surface area contributed by atoms with Crippen molar-refractivity contribution in [1.82, 2.24) is 0 Å². The van der Waals surface area contributed by atoms with Crippen molar-refractivity contribution < 1.29 is 19.1 Å². The quantitative estimate of drug-likeness (QED) is 0.446. The Morgan fingerprint density at radius 1 is 1.00 bits per heavy atom. The van der Waals surface area contributed by atoms with Gasteiger partial charge in [-0.1, -0.05) is 33.1 Å². The molecule has 0 saturated carbocycles. The van der Waals surface area contributed by atoms with Gasteiger partial charge >= 0.3 is 11.9 Å². The predicted molar refractivity (Wildman–Crippen MR) is 70.1 cm³/mol. The van der Waals surface area contributed by atoms with Gasteiger partial charge in [0, 0.05) is 0 Å². The lowest BCUT2D eigenvalue weighted by Gasteiger charge is -2.13. The van der Waals surface area contributed by atoms with Crippen molar-refractivity contribution >= 4 is 11.9 Å². The maximum Gasteiger partial charge on any atom is 0.309 e. The molecule has 1 atom stereocenters. The molecule has 0 rings (SSSR count). The number of hydrogen-bond donors (Lipinski definition) is 0. The molecule has 0 aromatic carbocycles. The molecule has 0 aliphatic heterocycles. The van der Waals surface area contributed by atoms with E-state index in [9.17, 15) is 9.59 Å². The fourth-order valence-electron chi connectivity index (χ4n) is 1.63. The molecule has 4 nitrogen and oxygen atoms in total. The summed E-state index contributed by atoms with van der Waals surface area (Å²) < 4.78 is 10.0. The minimum absolute atomic E-state index is 0.123. The van der Waals surface area contributed by atoms with Gasteiger partial charge in [-0.25, -0.2) is 0 Å². The fraction of sp³-hybridized carbons (Fsp3) is 0.857. The Balaban J connectivity index is 3.85. The molecule has 18 heavy (non-hydrogen) atoms. The van der Waals surface area contributed by atoms with Crippen molar-refractivity contribution in [2.45, 2.75) is 59.3 Å². The number of carbonyl (C=O) groups is 2. The lowest BCUT2D eigenvalue weighted by Crippen LogP contribution is -2.22. The molecule has 0 radical (unpaired) electrons. The first-order valence-corrected chi connectivity index (χ1v) is 6.97. The van der Waals surface area contributed by atoms with Gasteiger partial charge in [0.2, 0.25) is 0 Å². The molecule has 0 bridgehead atoms. The van der Waals surface area contributed by atoms with Gasteiger partial charge in [-0.3, -0.25) is 9.59 Å². The molecule has 0 aromatic heterocycles. The van der Waals surface area contributed by atoms with Crippen LogP contribution in [0.1, 0.15) is 59.3 Å². The summed E-state index contributed by atoms with van der Waals surface area (Å²) in [5.74, 6) is -0.968. The van der Waals surface area contributed by atoms with E-state index in [0.29, 0.717) is 19.6 Å². The van der Waals surface area contributed by atoms with Crippen LogP contribution in [0.25, 0.3) is 0 Å². The third-order valence-corrected chi connectivity index (χ3v) is 2.79. The SMILES string of the molecule is CCCCCCOC(=O)C(CC)CC(=O)OCC. The van der Waals surface area contributed by atoms with E-state index in [2.05, 4.69) is 6.92 Å². The largest absolute Gasteiger partial charge is 0.466 e. The van der Waals surface area contributed by atoms with Crippen molar-refractivity contribution in [3.8, 4) is 0 Å². The highest BCUT2D eigenvalue weighted by Crippen LogP contribution is 2.12. The smallest absolute Gasteiger partial charge is 0.309 e. The Bertz CT molecular complexity index is 238. The van der Waals surface area contributed by atoms with Crippen LogP contribution in [0.15, 0.2) is 0 Å². The van der Waals surface area contributed by atoms with Crippen LogP contribution < -0.4 is 0 Å². The first-order chi connectivity index (χ1) is 8.65. The maximum atomic E-state index is 11.7. The Morgan fingerprint density at radius 3 is 2.28 bits per heavy atom. The average Bonchev–Trinajstić information content (AvgIpc) is 2.35. The van der Waals surface area contributed by atoms with Gasteiger partial charge in [-0.2, -0.15) is 0 Å². The standard InChI is InChI=1S/C14H26O4/c1-4-7-8-9-10-18-14(16)12(5-2)11-13(15)17-6-3/h12H,4-11H2,1-3H3. The monoisotopic (exact) mass is 258 g/mol. The molecule has 4 heteroatoms. The Kier molecular flexibility index (Phi) is 10.4. The Labute approximate surface area is 110 Å². The highest BCUT2D eigenvalue weighted by molar-refractivity contribution is 5.79. The molecule has 0 saturated heterocycles. The molecule has 0 spiro atoms. The molecule has 0 aliphatic carbocycles. The van der Waals surface area contributed by atoms with Gasteiger partial charge in [0.15, 0.2) is 0 Å². The molecule has 106 valence electrons. The van der Waals surface area contributed by atoms with Crippen LogP contribution in [-0.2, 0) is 19.1 Å². The molecular weight excluding hydrogens is 232 g/mol. The van der Waals surface area contributed by atoms with E-state index in [-0.39, 0.29) is 24.3 Å². The van der Waals surface area contributed by atoms with Crippen LogP contribution in [0.2, 0.25) is 0 Å². The Morgan fingerprint density at radius 2 is 1.72 bits per heavy atom. The highest BCUT2D eigenvalue weighted by Gasteiger charge is 2.22. The second-order valence-electron chi connectivity index (χ2n) is 4.34. The molecule has 0 fully saturated rings. The number of carbonyl (C=O) groups excluding carboxylic acids is 2. The van der Waals surface area contributed by atoms with Crippen molar-refractivity contribution in [2.75, 3.05) is 13.2 Å². The molecule has 0 heterocycles. The van der Waals surface area contributed by atoms with Gasteiger partial charge in [0.1, 0.15) is 0 Å². The molecule has 0 aromatic rings. The number of rotatable bonds is 10. The average molecular weight is 258 g/mol. The predicted octanol–water partition coefficient (Wildman–Crippen LogP) is 3.09. The zero-order chi connectivity index (χ0) is 13.8. The van der Waals surface area contributed by atoms with E-state index in [1.807, 2.05) is 6.92 Å². The number of esters is 2. The summed E-state index contributed by atoms with van der Waals surface area (Å²) in [6.07, 6.45) is 5.03. The molecule has 1 unspecified atom stereocenters. The van der Waals surface area contributed by atoms with Gasteiger partial charge < -0.3 is 9.47 Å². The second-order valence-corrected chi connectivity index (χ2v) is 4.34. The minimum atomic E-state index is -0.366. The van der Waals surface area contributed by atoms with Crippen molar-refractivity contribution in [1.29, 1.82) is 0 Å². The summed E-state index contributed by atoms with van der Waals surface area (Å²) in [5.41, 5.74) is 0. The summed E-state index contributed by atoms with van der Waals surface area (Å²) in [6.45, 7) is 6.57. The van der Waals surface area contributed by atoms with E-state index >= 15 is 0 Å². The van der Waals surface area contributed by atoms with Crippen molar-refractivity contribution in [3.05, 3.63) is 0 Å². The third-order valence-electron chi connectivity index (χ3n) is 2.79. The van der Waals surface area contributed by atoms with Gasteiger partial charge in [-0.15, -0.1) is 0 Å². The second kappa shape index (κ2) is 11.1. The normalized spacial score (nSPS) is 11.9. The maximum absolute atomic E-state index is 11.7. The summed E-state index contributed by atoms with van der Waals surface area (Å²) >= 11 is 0. The fourth-order valence-corrected chi connectivity index (χ4v) is 1.63. The number of hydrogen-bond acceptors (Lipinski definition) is 4. The van der Waals surface area contributed by atoms with Gasteiger partial charge in [-0.05, 0) is 19.8 Å². The third kappa shape index (κ3) is 8.09. The van der Waals surface area contributed by atoms with E-state index in [1.165, 1.54) is 0 Å². The minimum Gasteiger partial charge on any atom is -0.466 e. The zero-order valence-electron chi connectivity index (χ0n) is 11.9. The first kappa shape index (κ1) is 16.9. The highest BCUT2D eigenvalue weighted by atomic mass is 16.5. The van der Waals surface area contributed by atoms with Gasteiger partial charge in [0.05, 0.1) is 25.6 Å². The lowest BCUT2D eigenvalue weighted by atomic mass is 10.0. The number of ether oxygens (including phenoxy) is 2. The van der Waals surface area contributed by atoms with Crippen LogP contribution >= 0.6 is 0 Å². The molecular formula is C14H26O4. The molecule has 0 N–H and O–H groups in total. The molecule has 0 amide bonds. The van der Waals surface area contributed by atoms with Crippen LogP contribution in [-0.4, -0.2) is 25.2 Å². The summed E-state index contributed by atoms with van der Waals surface area (Å²) in [4.78, 5) is 23.0. The topological polar surface area (TPSA) is 52.6 Å². The van der Waals surface area contributed by atoms with Crippen molar-refractivity contribution in [3.63, 3.8) is 0 Å². The van der Waals surface area contributed by atoms with E-state index in [4.69, 9.17) is 9.47 Å². The Hall–Kier alpha value is -1.06. The first-order valence-electron chi connectivity index (χ1n) is 6.97. The van der Waals surface area contributed by atoms with Crippen molar-refractivity contribution in [2.24, 2.45) is 5.92 Å². The van der Waals surface area contributed by atoms with Crippen LogP contribution in [0.4, 0.5) is 0 Å². The van der Waals surface area contributed by atoms with E-state index in [0.717, 1.165) is 25.7 Å². The van der Waals surface area contributed by atoms with E-state index < -0.39 is 0 Å². The summed E-state index contributed by atoms with van der Waals surface area (Å²) in [7, 11) is 0. The summed E-state index contributed by atoms with van der Waals surface area (Å²) in [6, 6.07) is 0. The van der Waals surface area contributed by atoms with Crippen LogP contribution in [0, 0.1) is 5.92 Å². The van der Waals surface area contributed by atoms with Crippen LogP contribution in [0.5, 0.6) is 0 Å². The van der Waals surface area contributed by atoms with Crippen LogP contribution in [0.3, 0.4) is 0 Å². The molecule has 0 aliphatic rings.